The Labute approximate surface area is 376 Å². The van der Waals surface area contributed by atoms with Crippen LogP contribution in [0, 0.1) is 23.7 Å². The van der Waals surface area contributed by atoms with E-state index in [1.54, 1.807) is 44.5 Å². The molecular weight excluding hydrogens is 809 g/mol. The van der Waals surface area contributed by atoms with E-state index in [2.05, 4.69) is 16.0 Å². The van der Waals surface area contributed by atoms with Crippen LogP contribution < -0.4 is 16.0 Å². The largest absolute Gasteiger partial charge is 0.480 e. The van der Waals surface area contributed by atoms with E-state index in [1.165, 1.54) is 14.2 Å². The Morgan fingerprint density at radius 2 is 1.54 bits per heavy atom. The number of likely N-dealkylation sites (tertiary alicyclic amines) is 1. The Hall–Kier alpha value is -4.28. The van der Waals surface area contributed by atoms with Crippen molar-refractivity contribution in [1.29, 1.82) is 0 Å². The molecule has 5 amide bonds. The van der Waals surface area contributed by atoms with Crippen LogP contribution in [-0.2, 0) is 44.6 Å². The molecule has 1 aliphatic heterocycles. The number of carboxylic acid groups (broad SMARTS) is 1. The number of likely N-dealkylation sites (N-methyl/N-ethyl adjacent to an activating group) is 2. The molecule has 16 heteroatoms. The van der Waals surface area contributed by atoms with Crippen molar-refractivity contribution >= 4 is 35.7 Å². The summed E-state index contributed by atoms with van der Waals surface area (Å²) >= 11 is 0. The lowest BCUT2D eigenvalue weighted by Gasteiger charge is -2.41. The van der Waals surface area contributed by atoms with Crippen LogP contribution in [-0.4, -0.2) is 151 Å². The number of carbonyl (C=O) groups excluding carboxylic acids is 5. The number of carbonyl (C=O) groups is 6. The molecule has 8 unspecified atom stereocenters. The van der Waals surface area contributed by atoms with E-state index in [-0.39, 0.29) is 48.3 Å². The van der Waals surface area contributed by atoms with E-state index in [0.717, 1.165) is 5.56 Å². The molecule has 0 bridgehead atoms. The van der Waals surface area contributed by atoms with Crippen molar-refractivity contribution in [2.75, 3.05) is 47.9 Å². The maximum atomic E-state index is 14.5. The minimum atomic E-state index is -1.15. The molecule has 0 aromatic heterocycles. The van der Waals surface area contributed by atoms with E-state index < -0.39 is 71.9 Å². The lowest BCUT2D eigenvalue weighted by Crippen LogP contribution is -2.60. The summed E-state index contributed by atoms with van der Waals surface area (Å²) in [6.45, 7) is 20.1. The smallest absolute Gasteiger partial charge is 0.407 e. The predicted molar refractivity (Wildman–Crippen MR) is 243 cm³/mol. The van der Waals surface area contributed by atoms with Crippen molar-refractivity contribution in [3.63, 3.8) is 0 Å². The first-order valence-corrected chi connectivity index (χ1v) is 22.7. The summed E-state index contributed by atoms with van der Waals surface area (Å²) in [4.78, 5) is 86.0. The van der Waals surface area contributed by atoms with Crippen LogP contribution in [0.4, 0.5) is 4.79 Å². The van der Waals surface area contributed by atoms with Crippen LogP contribution in [0.25, 0.3) is 0 Å². The van der Waals surface area contributed by atoms with Crippen molar-refractivity contribution in [2.24, 2.45) is 23.7 Å². The van der Waals surface area contributed by atoms with Gasteiger partial charge in [0.2, 0.25) is 23.6 Å². The molecule has 1 saturated heterocycles. The average Bonchev–Trinajstić information content (AvgIpc) is 3.70. The van der Waals surface area contributed by atoms with Crippen LogP contribution >= 0.6 is 0 Å². The zero-order valence-corrected chi connectivity index (χ0v) is 40.6. The summed E-state index contributed by atoms with van der Waals surface area (Å²) in [5.74, 6) is -3.64. The Morgan fingerprint density at radius 1 is 0.905 bits per heavy atom. The molecule has 4 N–H and O–H groups in total. The summed E-state index contributed by atoms with van der Waals surface area (Å²) in [6, 6.07) is 5.54. The number of rotatable bonds is 25. The van der Waals surface area contributed by atoms with Crippen molar-refractivity contribution in [1.82, 2.24) is 30.7 Å². The lowest BCUT2D eigenvalue weighted by atomic mass is 9.89. The highest BCUT2D eigenvalue weighted by Crippen LogP contribution is 2.30. The number of nitrogens with zero attached hydrogens (tertiary/aromatic N) is 3. The van der Waals surface area contributed by atoms with Gasteiger partial charge >= 0.3 is 12.1 Å². The molecular formula is C47H80N6O10. The Kier molecular flexibility index (Phi) is 22.5. The zero-order valence-electron chi connectivity index (χ0n) is 40.6. The summed E-state index contributed by atoms with van der Waals surface area (Å²) in [6.07, 6.45) is 0.697. The van der Waals surface area contributed by atoms with Gasteiger partial charge in [0, 0.05) is 47.3 Å². The first-order chi connectivity index (χ1) is 29.5. The fourth-order valence-corrected chi connectivity index (χ4v) is 8.61. The molecule has 2 rings (SSSR count). The van der Waals surface area contributed by atoms with E-state index in [9.17, 15) is 33.9 Å². The fourth-order valence-electron chi connectivity index (χ4n) is 8.61. The Bertz CT molecular complexity index is 1620. The third kappa shape index (κ3) is 16.7. The number of alkyl carbamates (subject to hydrolysis) is 1. The number of hydrogen-bond acceptors (Lipinski definition) is 10. The minimum Gasteiger partial charge on any atom is -0.480 e. The maximum Gasteiger partial charge on any atom is 0.407 e. The number of amides is 5. The van der Waals surface area contributed by atoms with Crippen LogP contribution in [0.1, 0.15) is 107 Å². The molecule has 16 nitrogen and oxygen atoms in total. The Morgan fingerprint density at radius 3 is 2.06 bits per heavy atom. The fraction of sp³-hybridized carbons (Fsp3) is 0.745. The number of ether oxygens (including phenoxy) is 3. The van der Waals surface area contributed by atoms with Crippen molar-refractivity contribution in [2.45, 2.75) is 156 Å². The third-order valence-electron chi connectivity index (χ3n) is 12.1. The highest BCUT2D eigenvalue weighted by Gasteiger charge is 2.43. The number of carboxylic acids is 1. The molecule has 0 spiro atoms. The van der Waals surface area contributed by atoms with Gasteiger partial charge < -0.3 is 45.1 Å². The van der Waals surface area contributed by atoms with E-state index in [0.29, 0.717) is 45.3 Å². The zero-order chi connectivity index (χ0) is 47.8. The monoisotopic (exact) mass is 889 g/mol. The molecule has 1 aromatic rings. The highest BCUT2D eigenvalue weighted by molar-refractivity contribution is 5.90. The number of nitrogens with one attached hydrogen (secondary N) is 3. The molecule has 1 fully saturated rings. The van der Waals surface area contributed by atoms with Gasteiger partial charge in [-0.2, -0.15) is 0 Å². The summed E-state index contributed by atoms with van der Waals surface area (Å²) in [5.41, 5.74) is 0.168. The molecule has 0 radical (unpaired) electrons. The minimum absolute atomic E-state index is 0.0451. The van der Waals surface area contributed by atoms with Gasteiger partial charge in [0.15, 0.2) is 0 Å². The lowest BCUT2D eigenvalue weighted by molar-refractivity contribution is -0.148. The number of benzene rings is 1. The number of methoxy groups -OCH3 is 2. The second-order valence-electron chi connectivity index (χ2n) is 18.9. The quantitative estimate of drug-likeness (QED) is 0.0992. The van der Waals surface area contributed by atoms with Gasteiger partial charge in [0.25, 0.3) is 0 Å². The third-order valence-corrected chi connectivity index (χ3v) is 12.1. The number of aliphatic carboxylic acids is 1. The normalized spacial score (nSPS) is 18.2. The molecule has 1 aliphatic rings. The molecule has 1 heterocycles. The Balaban J connectivity index is 2.23. The van der Waals surface area contributed by atoms with Crippen molar-refractivity contribution < 1.29 is 48.1 Å². The molecule has 0 saturated carbocycles. The highest BCUT2D eigenvalue weighted by atomic mass is 16.6. The molecule has 1 aromatic carbocycles. The van der Waals surface area contributed by atoms with E-state index >= 15 is 0 Å². The van der Waals surface area contributed by atoms with Crippen LogP contribution in [0.15, 0.2) is 30.3 Å². The molecule has 9 atom stereocenters. The van der Waals surface area contributed by atoms with Gasteiger partial charge in [-0.1, -0.05) is 85.2 Å². The molecule has 0 aliphatic carbocycles. The van der Waals surface area contributed by atoms with E-state index in [1.807, 2.05) is 83.8 Å². The first kappa shape index (κ1) is 54.9. The number of hydrogen-bond donors (Lipinski definition) is 4. The molecule has 358 valence electrons. The average molecular weight is 889 g/mol. The SMILES string of the molecule is CCC(C)C(C(CC(=O)N1CCC[C@H]1C(OC)C(C)C(=O)NC(Cc1ccccc1)C(=O)O)OC)N(C)C(=O)C(NC(=O)C(C(C)C)N(C)CCCNC(=O)OC(C)(C)C)C(C)C. The summed E-state index contributed by atoms with van der Waals surface area (Å²) < 4.78 is 17.3. The van der Waals surface area contributed by atoms with Crippen molar-refractivity contribution in [3.05, 3.63) is 35.9 Å². The molecule has 63 heavy (non-hydrogen) atoms. The summed E-state index contributed by atoms with van der Waals surface area (Å²) in [5, 5.41) is 18.4. The second kappa shape index (κ2) is 25.9. The maximum absolute atomic E-state index is 14.5. The predicted octanol–water partition coefficient (Wildman–Crippen LogP) is 4.73. The summed E-state index contributed by atoms with van der Waals surface area (Å²) in [7, 11) is 6.57. The standard InChI is InChI=1S/C47H80N6O10/c1-15-31(6)40(52(12)44(57)38(29(2)3)50-43(56)39(30(4)5)51(11)25-20-24-48-46(60)63-47(8,9)10)36(61-13)28-37(54)53-26-19-23-35(53)41(62-14)32(7)42(55)49-34(45(58)59)27-33-21-17-16-18-22-33/h16-18,21-22,29-32,34-36,38-41H,15,19-20,23-28H2,1-14H3,(H,48,60)(H,49,55)(H,50,56)(H,58,59)/t31?,32?,34?,35-,36?,38?,39?,40?,41?/m0/s1. The van der Waals surface area contributed by atoms with Crippen molar-refractivity contribution in [3.8, 4) is 0 Å². The van der Waals surface area contributed by atoms with E-state index in [4.69, 9.17) is 14.2 Å². The van der Waals surface area contributed by atoms with Gasteiger partial charge in [-0.05, 0) is 70.4 Å². The van der Waals surface area contributed by atoms with Gasteiger partial charge in [0.05, 0.1) is 42.7 Å². The van der Waals surface area contributed by atoms with Crippen LogP contribution in [0.3, 0.4) is 0 Å². The van der Waals surface area contributed by atoms with Gasteiger partial charge in [-0.25, -0.2) is 9.59 Å². The van der Waals surface area contributed by atoms with Gasteiger partial charge in [-0.3, -0.25) is 24.1 Å². The topological polar surface area (TPSA) is 196 Å². The van der Waals surface area contributed by atoms with Crippen LogP contribution in [0.5, 0.6) is 0 Å². The first-order valence-electron chi connectivity index (χ1n) is 22.7. The van der Waals surface area contributed by atoms with Gasteiger partial charge in [0.1, 0.15) is 17.7 Å². The van der Waals surface area contributed by atoms with Crippen LogP contribution in [0.2, 0.25) is 0 Å². The second-order valence-corrected chi connectivity index (χ2v) is 18.9. The van der Waals surface area contributed by atoms with Gasteiger partial charge in [-0.15, -0.1) is 0 Å².